The molecule has 0 bridgehead atoms. The number of fused-ring (bicyclic) bond motifs is 2. The maximum atomic E-state index is 13.0. The van der Waals surface area contributed by atoms with Crippen LogP contribution in [0.15, 0.2) is 60.7 Å². The van der Waals surface area contributed by atoms with Gasteiger partial charge in [-0.2, -0.15) is 0 Å². The van der Waals surface area contributed by atoms with Gasteiger partial charge in [0.25, 0.3) is 11.8 Å². The molecule has 0 aliphatic carbocycles. The standard InChI is InChI=1S/C20H12ClFN2O3/c21-12-3-7-18-16(9-12)24-20(26)15-10-14(6-8-17(15)27-18)23-19(25)11-1-4-13(22)5-2-11/h1-10H,(H,23,25)(H,24,26). The Bertz CT molecular complexity index is 1070. The van der Waals surface area contributed by atoms with Gasteiger partial charge in [-0.25, -0.2) is 4.39 Å². The van der Waals surface area contributed by atoms with Crippen LogP contribution in [0.25, 0.3) is 0 Å². The lowest BCUT2D eigenvalue weighted by Crippen LogP contribution is -2.14. The number of hydrogen-bond acceptors (Lipinski definition) is 3. The van der Waals surface area contributed by atoms with Gasteiger partial charge in [-0.15, -0.1) is 0 Å². The first-order valence-electron chi connectivity index (χ1n) is 7.99. The Kier molecular flexibility index (Phi) is 4.25. The number of rotatable bonds is 2. The van der Waals surface area contributed by atoms with E-state index in [4.69, 9.17) is 16.3 Å². The summed E-state index contributed by atoms with van der Waals surface area (Å²) in [5.74, 6) is -0.406. The normalized spacial score (nSPS) is 12.1. The Labute approximate surface area is 158 Å². The molecule has 5 nitrogen and oxygen atoms in total. The molecule has 3 aromatic rings. The summed E-state index contributed by atoms with van der Waals surface area (Å²) in [6.45, 7) is 0. The molecule has 0 spiro atoms. The van der Waals surface area contributed by atoms with Crippen molar-refractivity contribution in [2.45, 2.75) is 0 Å². The molecular formula is C20H12ClFN2O3. The molecule has 0 unspecified atom stereocenters. The number of carbonyl (C=O) groups is 2. The monoisotopic (exact) mass is 382 g/mol. The minimum atomic E-state index is -0.426. The molecule has 2 N–H and O–H groups in total. The Balaban J connectivity index is 1.61. The van der Waals surface area contributed by atoms with E-state index in [9.17, 15) is 14.0 Å². The van der Waals surface area contributed by atoms with E-state index in [0.29, 0.717) is 33.5 Å². The van der Waals surface area contributed by atoms with Gasteiger partial charge < -0.3 is 15.4 Å². The first-order valence-corrected chi connectivity index (χ1v) is 8.37. The highest BCUT2D eigenvalue weighted by Crippen LogP contribution is 2.37. The minimum absolute atomic E-state index is 0.263. The zero-order valence-electron chi connectivity index (χ0n) is 13.8. The van der Waals surface area contributed by atoms with E-state index < -0.39 is 11.7 Å². The number of amides is 2. The molecule has 0 atom stereocenters. The van der Waals surface area contributed by atoms with E-state index in [-0.39, 0.29) is 11.5 Å². The van der Waals surface area contributed by atoms with Crippen LogP contribution in [0.3, 0.4) is 0 Å². The summed E-state index contributed by atoms with van der Waals surface area (Å²) in [6, 6.07) is 14.8. The first-order chi connectivity index (χ1) is 13.0. The van der Waals surface area contributed by atoms with Crippen LogP contribution >= 0.6 is 11.6 Å². The van der Waals surface area contributed by atoms with Gasteiger partial charge in [0.15, 0.2) is 5.75 Å². The van der Waals surface area contributed by atoms with Crippen molar-refractivity contribution in [1.82, 2.24) is 0 Å². The Morgan fingerprint density at radius 3 is 2.52 bits per heavy atom. The van der Waals surface area contributed by atoms with Crippen LogP contribution < -0.4 is 15.4 Å². The van der Waals surface area contributed by atoms with E-state index in [1.165, 1.54) is 30.3 Å². The average Bonchev–Trinajstić information content (AvgIpc) is 2.78. The smallest absolute Gasteiger partial charge is 0.259 e. The summed E-state index contributed by atoms with van der Waals surface area (Å²) >= 11 is 5.96. The van der Waals surface area contributed by atoms with Gasteiger partial charge in [0.05, 0.1) is 11.3 Å². The largest absolute Gasteiger partial charge is 0.454 e. The highest BCUT2D eigenvalue weighted by atomic mass is 35.5. The molecule has 134 valence electrons. The van der Waals surface area contributed by atoms with E-state index in [0.717, 1.165) is 0 Å². The van der Waals surface area contributed by atoms with Crippen molar-refractivity contribution in [3.63, 3.8) is 0 Å². The SMILES string of the molecule is O=C(Nc1ccc2c(c1)C(=O)Nc1cc(Cl)ccc1O2)c1ccc(F)cc1. The van der Waals surface area contributed by atoms with Gasteiger partial charge in [0, 0.05) is 16.3 Å². The second kappa shape index (κ2) is 6.74. The molecular weight excluding hydrogens is 371 g/mol. The fraction of sp³-hybridized carbons (Fsp3) is 0. The second-order valence-corrected chi connectivity index (χ2v) is 6.31. The minimum Gasteiger partial charge on any atom is -0.454 e. The van der Waals surface area contributed by atoms with Crippen molar-refractivity contribution in [3.05, 3.63) is 82.6 Å². The van der Waals surface area contributed by atoms with E-state index in [2.05, 4.69) is 10.6 Å². The average molecular weight is 383 g/mol. The van der Waals surface area contributed by atoms with Crippen molar-refractivity contribution in [2.24, 2.45) is 0 Å². The van der Waals surface area contributed by atoms with Crippen molar-refractivity contribution in [3.8, 4) is 11.5 Å². The first kappa shape index (κ1) is 17.1. The Morgan fingerprint density at radius 1 is 1.00 bits per heavy atom. The lowest BCUT2D eigenvalue weighted by Gasteiger charge is -2.10. The van der Waals surface area contributed by atoms with E-state index in [1.807, 2.05) is 0 Å². The molecule has 27 heavy (non-hydrogen) atoms. The lowest BCUT2D eigenvalue weighted by atomic mass is 10.1. The lowest BCUT2D eigenvalue weighted by molar-refractivity contribution is 0.101. The van der Waals surface area contributed by atoms with Crippen LogP contribution in [-0.2, 0) is 0 Å². The summed E-state index contributed by atoms with van der Waals surface area (Å²) in [5.41, 5.74) is 1.43. The fourth-order valence-corrected chi connectivity index (χ4v) is 2.85. The third-order valence-electron chi connectivity index (χ3n) is 4.00. The van der Waals surface area contributed by atoms with Gasteiger partial charge in [0.2, 0.25) is 0 Å². The van der Waals surface area contributed by atoms with Gasteiger partial charge in [-0.1, -0.05) is 11.6 Å². The summed E-state index contributed by atoms with van der Waals surface area (Å²) in [4.78, 5) is 24.8. The van der Waals surface area contributed by atoms with Crippen LogP contribution in [0, 0.1) is 5.82 Å². The fourth-order valence-electron chi connectivity index (χ4n) is 2.68. The van der Waals surface area contributed by atoms with Crippen LogP contribution in [0.2, 0.25) is 5.02 Å². The number of ether oxygens (including phenoxy) is 1. The molecule has 0 radical (unpaired) electrons. The second-order valence-electron chi connectivity index (χ2n) is 5.87. The molecule has 7 heteroatoms. The quantitative estimate of drug-likeness (QED) is 0.648. The van der Waals surface area contributed by atoms with Crippen molar-refractivity contribution in [2.75, 3.05) is 10.6 Å². The number of anilines is 2. The number of hydrogen-bond donors (Lipinski definition) is 2. The third kappa shape index (κ3) is 3.47. The molecule has 2 amide bonds. The highest BCUT2D eigenvalue weighted by molar-refractivity contribution is 6.31. The predicted octanol–water partition coefficient (Wildman–Crippen LogP) is 5.09. The van der Waals surface area contributed by atoms with Crippen molar-refractivity contribution in [1.29, 1.82) is 0 Å². The van der Waals surface area contributed by atoms with Gasteiger partial charge in [-0.3, -0.25) is 9.59 Å². The summed E-state index contributed by atoms with van der Waals surface area (Å²) in [7, 11) is 0. The van der Waals surface area contributed by atoms with E-state index >= 15 is 0 Å². The number of halogens is 2. The third-order valence-corrected chi connectivity index (χ3v) is 4.23. The summed E-state index contributed by atoms with van der Waals surface area (Å²) < 4.78 is 18.8. The van der Waals surface area contributed by atoms with Crippen molar-refractivity contribution < 1.29 is 18.7 Å². The molecule has 1 aliphatic heterocycles. The maximum Gasteiger partial charge on any atom is 0.259 e. The topological polar surface area (TPSA) is 67.4 Å². The molecule has 0 aromatic heterocycles. The van der Waals surface area contributed by atoms with Crippen LogP contribution in [0.1, 0.15) is 20.7 Å². The number of benzene rings is 3. The predicted molar refractivity (Wildman–Crippen MR) is 100 cm³/mol. The molecule has 4 rings (SSSR count). The van der Waals surface area contributed by atoms with Gasteiger partial charge >= 0.3 is 0 Å². The molecule has 1 aliphatic rings. The Morgan fingerprint density at radius 2 is 1.74 bits per heavy atom. The Hall–Kier alpha value is -3.38. The highest BCUT2D eigenvalue weighted by Gasteiger charge is 2.22. The molecule has 0 saturated carbocycles. The number of nitrogens with one attached hydrogen (secondary N) is 2. The molecule has 3 aromatic carbocycles. The zero-order chi connectivity index (χ0) is 19.0. The number of carbonyl (C=O) groups excluding carboxylic acids is 2. The molecule has 0 fully saturated rings. The summed E-state index contributed by atoms with van der Waals surface area (Å²) in [5, 5.41) is 5.88. The zero-order valence-corrected chi connectivity index (χ0v) is 14.5. The van der Waals surface area contributed by atoms with E-state index in [1.54, 1.807) is 30.3 Å². The van der Waals surface area contributed by atoms with Gasteiger partial charge in [-0.05, 0) is 60.7 Å². The van der Waals surface area contributed by atoms with Crippen molar-refractivity contribution >= 4 is 34.8 Å². The summed E-state index contributed by atoms with van der Waals surface area (Å²) in [6.07, 6.45) is 0. The van der Waals surface area contributed by atoms with Gasteiger partial charge in [0.1, 0.15) is 11.6 Å². The maximum absolute atomic E-state index is 13.0. The van der Waals surface area contributed by atoms with Crippen LogP contribution in [0.5, 0.6) is 11.5 Å². The van der Waals surface area contributed by atoms with Crippen LogP contribution in [0.4, 0.5) is 15.8 Å². The molecule has 1 heterocycles. The van der Waals surface area contributed by atoms with Crippen LogP contribution in [-0.4, -0.2) is 11.8 Å². The molecule has 0 saturated heterocycles.